The molecular formula is C20H29NO7. The van der Waals surface area contributed by atoms with Gasteiger partial charge in [-0.15, -0.1) is 0 Å². The van der Waals surface area contributed by atoms with E-state index in [0.717, 1.165) is 38.5 Å². The first-order valence-electron chi connectivity index (χ1n) is 9.95. The van der Waals surface area contributed by atoms with E-state index in [4.69, 9.17) is 14.6 Å². The molecule has 1 saturated carbocycles. The normalized spacial score (nSPS) is 20.7. The monoisotopic (exact) mass is 395 g/mol. The summed E-state index contributed by atoms with van der Waals surface area (Å²) in [5.74, 6) is -3.01. The lowest BCUT2D eigenvalue weighted by Crippen LogP contribution is -2.42. The molecule has 28 heavy (non-hydrogen) atoms. The number of nitrogens with zero attached hydrogens (tertiary/aromatic N) is 1. The SMILES string of the molecule is C=C(CC(=O)OC1CCCCCCC1)C(=O)OCC(=O)N1CCCC1C(=O)O. The average Bonchev–Trinajstić information content (AvgIpc) is 3.11. The van der Waals surface area contributed by atoms with Gasteiger partial charge in [0.15, 0.2) is 6.61 Å². The van der Waals surface area contributed by atoms with Crippen LogP contribution in [0.2, 0.25) is 0 Å². The highest BCUT2D eigenvalue weighted by Crippen LogP contribution is 2.21. The standard InChI is InChI=1S/C20H29NO7/c1-14(12-18(23)28-15-8-5-3-2-4-6-9-15)20(26)27-13-17(22)21-11-7-10-16(21)19(24)25/h15-16H,1-13H2,(H,24,25). The van der Waals surface area contributed by atoms with Crippen LogP contribution in [0.5, 0.6) is 0 Å². The Labute approximate surface area is 164 Å². The Morgan fingerprint density at radius 1 is 0.964 bits per heavy atom. The number of rotatable bonds is 7. The Balaban J connectivity index is 1.72. The van der Waals surface area contributed by atoms with E-state index in [-0.39, 0.29) is 18.1 Å². The van der Waals surface area contributed by atoms with Crippen molar-refractivity contribution in [3.63, 3.8) is 0 Å². The molecule has 2 aliphatic rings. The van der Waals surface area contributed by atoms with Gasteiger partial charge < -0.3 is 19.5 Å². The largest absolute Gasteiger partial charge is 0.480 e. The number of ether oxygens (including phenoxy) is 2. The molecule has 2 fully saturated rings. The zero-order chi connectivity index (χ0) is 20.5. The third kappa shape index (κ3) is 6.65. The molecule has 1 unspecified atom stereocenters. The van der Waals surface area contributed by atoms with Crippen molar-refractivity contribution < 1.29 is 33.8 Å². The van der Waals surface area contributed by atoms with Gasteiger partial charge in [0.2, 0.25) is 0 Å². The topological polar surface area (TPSA) is 110 Å². The summed E-state index contributed by atoms with van der Waals surface area (Å²) < 4.78 is 10.4. The van der Waals surface area contributed by atoms with Gasteiger partial charge in [-0.05, 0) is 38.5 Å². The number of amides is 1. The van der Waals surface area contributed by atoms with Crippen LogP contribution in [-0.2, 0) is 28.7 Å². The third-order valence-electron chi connectivity index (χ3n) is 5.18. The molecule has 0 aromatic heterocycles. The number of carboxylic acids is 1. The number of hydrogen-bond donors (Lipinski definition) is 1. The Bertz CT molecular complexity index is 608. The molecule has 1 aliphatic carbocycles. The molecule has 1 aliphatic heterocycles. The zero-order valence-electron chi connectivity index (χ0n) is 16.2. The van der Waals surface area contributed by atoms with Crippen molar-refractivity contribution in [1.29, 1.82) is 0 Å². The molecule has 1 heterocycles. The maximum Gasteiger partial charge on any atom is 0.334 e. The number of likely N-dealkylation sites (tertiary alicyclic amines) is 1. The summed E-state index contributed by atoms with van der Waals surface area (Å²) in [6.07, 6.45) is 7.77. The molecule has 0 bridgehead atoms. The second-order valence-corrected chi connectivity index (χ2v) is 7.40. The van der Waals surface area contributed by atoms with E-state index in [1.54, 1.807) is 0 Å². The number of carboxylic acid groups (broad SMARTS) is 1. The molecule has 0 aromatic rings. The molecule has 1 saturated heterocycles. The van der Waals surface area contributed by atoms with Gasteiger partial charge >= 0.3 is 17.9 Å². The smallest absolute Gasteiger partial charge is 0.334 e. The summed E-state index contributed by atoms with van der Waals surface area (Å²) in [6.45, 7) is 3.30. The van der Waals surface area contributed by atoms with Gasteiger partial charge in [0.05, 0.1) is 6.42 Å². The van der Waals surface area contributed by atoms with E-state index in [1.165, 1.54) is 11.3 Å². The van der Waals surface area contributed by atoms with E-state index in [0.29, 0.717) is 19.4 Å². The van der Waals surface area contributed by atoms with Crippen molar-refractivity contribution in [3.8, 4) is 0 Å². The van der Waals surface area contributed by atoms with Crippen molar-refractivity contribution in [2.24, 2.45) is 0 Å². The number of hydrogen-bond acceptors (Lipinski definition) is 6. The van der Waals surface area contributed by atoms with E-state index < -0.39 is 36.5 Å². The second kappa shape index (κ2) is 10.8. The lowest BCUT2D eigenvalue weighted by Gasteiger charge is -2.21. The fraction of sp³-hybridized carbons (Fsp3) is 0.700. The Morgan fingerprint density at radius 3 is 2.25 bits per heavy atom. The summed E-state index contributed by atoms with van der Waals surface area (Å²) in [5, 5.41) is 9.10. The fourth-order valence-electron chi connectivity index (χ4n) is 3.64. The lowest BCUT2D eigenvalue weighted by molar-refractivity contribution is -0.155. The van der Waals surface area contributed by atoms with Gasteiger partial charge in [-0.2, -0.15) is 0 Å². The zero-order valence-corrected chi connectivity index (χ0v) is 16.2. The third-order valence-corrected chi connectivity index (χ3v) is 5.18. The summed E-state index contributed by atoms with van der Waals surface area (Å²) >= 11 is 0. The summed E-state index contributed by atoms with van der Waals surface area (Å²) in [6, 6.07) is -0.881. The Kier molecular flexibility index (Phi) is 8.47. The summed E-state index contributed by atoms with van der Waals surface area (Å²) in [7, 11) is 0. The average molecular weight is 395 g/mol. The molecule has 156 valence electrons. The molecule has 1 N–H and O–H groups in total. The second-order valence-electron chi connectivity index (χ2n) is 7.40. The molecular weight excluding hydrogens is 366 g/mol. The highest BCUT2D eigenvalue weighted by Gasteiger charge is 2.34. The first kappa shape index (κ1) is 21.9. The predicted octanol–water partition coefficient (Wildman–Crippen LogP) is 2.21. The van der Waals surface area contributed by atoms with Crippen molar-refractivity contribution >= 4 is 23.8 Å². The first-order chi connectivity index (χ1) is 13.4. The molecule has 8 heteroatoms. The molecule has 2 rings (SSSR count). The number of carbonyl (C=O) groups is 4. The van der Waals surface area contributed by atoms with Crippen molar-refractivity contribution in [1.82, 2.24) is 4.90 Å². The number of carbonyl (C=O) groups excluding carboxylic acids is 3. The first-order valence-corrected chi connectivity index (χ1v) is 9.95. The minimum absolute atomic E-state index is 0.0835. The number of aliphatic carboxylic acids is 1. The molecule has 0 spiro atoms. The van der Waals surface area contributed by atoms with Gasteiger partial charge in [0.25, 0.3) is 5.91 Å². The number of esters is 2. The minimum Gasteiger partial charge on any atom is -0.480 e. The summed E-state index contributed by atoms with van der Waals surface area (Å²) in [5.41, 5.74) is -0.0835. The van der Waals surface area contributed by atoms with Crippen LogP contribution in [0, 0.1) is 0 Å². The van der Waals surface area contributed by atoms with Gasteiger partial charge in [-0.25, -0.2) is 9.59 Å². The molecule has 8 nitrogen and oxygen atoms in total. The van der Waals surface area contributed by atoms with Gasteiger partial charge in [-0.1, -0.05) is 25.8 Å². The van der Waals surface area contributed by atoms with E-state index in [1.807, 2.05) is 0 Å². The van der Waals surface area contributed by atoms with E-state index in [2.05, 4.69) is 6.58 Å². The summed E-state index contributed by atoms with van der Waals surface area (Å²) in [4.78, 5) is 48.5. The fourth-order valence-corrected chi connectivity index (χ4v) is 3.64. The van der Waals surface area contributed by atoms with Crippen molar-refractivity contribution in [2.75, 3.05) is 13.2 Å². The maximum atomic E-state index is 12.1. The van der Waals surface area contributed by atoms with E-state index in [9.17, 15) is 19.2 Å². The van der Waals surface area contributed by atoms with Crippen LogP contribution in [0.3, 0.4) is 0 Å². The minimum atomic E-state index is -1.07. The van der Waals surface area contributed by atoms with Crippen LogP contribution in [0.15, 0.2) is 12.2 Å². The Hall–Kier alpha value is -2.38. The molecule has 1 atom stereocenters. The van der Waals surface area contributed by atoms with Crippen molar-refractivity contribution in [3.05, 3.63) is 12.2 Å². The van der Waals surface area contributed by atoms with Crippen LogP contribution in [0.1, 0.15) is 64.2 Å². The predicted molar refractivity (Wildman–Crippen MR) is 99.3 cm³/mol. The van der Waals surface area contributed by atoms with Crippen LogP contribution >= 0.6 is 0 Å². The van der Waals surface area contributed by atoms with Crippen LogP contribution in [-0.4, -0.2) is 59.1 Å². The Morgan fingerprint density at radius 2 is 1.61 bits per heavy atom. The van der Waals surface area contributed by atoms with Crippen LogP contribution in [0.4, 0.5) is 0 Å². The van der Waals surface area contributed by atoms with Crippen molar-refractivity contribution in [2.45, 2.75) is 76.4 Å². The molecule has 0 aromatic carbocycles. The molecule has 1 amide bonds. The van der Waals surface area contributed by atoms with Gasteiger partial charge in [0, 0.05) is 12.1 Å². The van der Waals surface area contributed by atoms with Gasteiger partial charge in [0.1, 0.15) is 12.1 Å². The van der Waals surface area contributed by atoms with E-state index >= 15 is 0 Å². The molecule has 0 radical (unpaired) electrons. The van der Waals surface area contributed by atoms with Crippen LogP contribution < -0.4 is 0 Å². The van der Waals surface area contributed by atoms with Gasteiger partial charge in [-0.3, -0.25) is 9.59 Å². The van der Waals surface area contributed by atoms with Crippen LogP contribution in [0.25, 0.3) is 0 Å². The quantitative estimate of drug-likeness (QED) is 0.520. The highest BCUT2D eigenvalue weighted by atomic mass is 16.5. The highest BCUT2D eigenvalue weighted by molar-refractivity contribution is 5.94. The lowest BCUT2D eigenvalue weighted by atomic mass is 9.98. The maximum absolute atomic E-state index is 12.1.